The van der Waals surface area contributed by atoms with Crippen molar-refractivity contribution in [2.75, 3.05) is 0 Å². The lowest BCUT2D eigenvalue weighted by molar-refractivity contribution is 0.515. The van der Waals surface area contributed by atoms with E-state index in [1.807, 2.05) is 0 Å². The number of nitrogens with one attached hydrogen (secondary N) is 1. The summed E-state index contributed by atoms with van der Waals surface area (Å²) in [7, 11) is 0. The van der Waals surface area contributed by atoms with E-state index in [9.17, 15) is 0 Å². The predicted octanol–water partition coefficient (Wildman–Crippen LogP) is 24.1. The molecule has 0 radical (unpaired) electrons. The average molecular weight is 905 g/mol. The topological polar surface area (TPSA) is 15.8 Å². The number of allylic oxidation sites excluding steroid dienone is 2. The van der Waals surface area contributed by atoms with Gasteiger partial charge in [-0.15, -0.1) is 0 Å². The quantitative estimate of drug-likeness (QED) is 0.0627. The van der Waals surface area contributed by atoms with E-state index in [1.165, 1.54) is 358 Å². The molecule has 0 aliphatic rings. The molecule has 0 aliphatic heterocycles. The Hall–Kier alpha value is -1.24. The Bertz CT molecular complexity index is 965. The maximum absolute atomic E-state index is 3.46. The van der Waals surface area contributed by atoms with E-state index in [-0.39, 0.29) is 0 Å². The van der Waals surface area contributed by atoms with Crippen LogP contribution < -0.4 is 0 Å². The first-order valence-corrected chi connectivity index (χ1v) is 30.9. The fourth-order valence-corrected chi connectivity index (χ4v) is 10.3. The van der Waals surface area contributed by atoms with Gasteiger partial charge in [0.15, 0.2) is 0 Å². The van der Waals surface area contributed by atoms with Gasteiger partial charge in [-0.05, 0) is 43.4 Å². The molecular formula is C64H121N. The fraction of sp³-hybridized carbons (Fsp3) is 0.875. The zero-order valence-electron chi connectivity index (χ0n) is 45.1. The van der Waals surface area contributed by atoms with Crippen molar-refractivity contribution in [3.63, 3.8) is 0 Å². The summed E-state index contributed by atoms with van der Waals surface area (Å²) in [5, 5.41) is 0. The Morgan fingerprint density at radius 2 is 0.462 bits per heavy atom. The first kappa shape index (κ1) is 61.8. The van der Waals surface area contributed by atoms with E-state index < -0.39 is 0 Å². The summed E-state index contributed by atoms with van der Waals surface area (Å²) in [6.07, 6.45) is 89.9. The van der Waals surface area contributed by atoms with Gasteiger partial charge >= 0.3 is 0 Å². The van der Waals surface area contributed by atoms with Crippen LogP contribution in [0.2, 0.25) is 0 Å². The monoisotopic (exact) mass is 904 g/mol. The summed E-state index contributed by atoms with van der Waals surface area (Å²) in [6, 6.07) is 2.23. The van der Waals surface area contributed by atoms with Crippen LogP contribution in [0.3, 0.4) is 0 Å². The normalized spacial score (nSPS) is 12.0. The van der Waals surface area contributed by atoms with Crippen LogP contribution >= 0.6 is 0 Å². The lowest BCUT2D eigenvalue weighted by Gasteiger charge is -2.04. The molecule has 0 unspecified atom stereocenters. The zero-order valence-corrected chi connectivity index (χ0v) is 45.1. The van der Waals surface area contributed by atoms with E-state index >= 15 is 0 Å². The molecule has 0 saturated heterocycles. The number of unbranched alkanes of at least 4 members (excludes halogenated alkanes) is 52. The standard InChI is InChI=1S/C64H121N/c1-3-5-7-9-11-13-15-17-19-21-23-25-27-29-31-33-35-37-39-41-43-45-47-49-51-53-55-57-59-63-61-62-65-64(63)60-58-56-54-52-50-48-46-44-42-40-38-36-34-32-30-28-26-24-22-20-18-16-14-12-10-8-6-4-2/h57-62,65H,3-56H2,1-2H3/b59-57+,60-58+. The minimum atomic E-state index is 1.21. The minimum Gasteiger partial charge on any atom is -0.361 e. The zero-order chi connectivity index (χ0) is 46.3. The third-order valence-corrected chi connectivity index (χ3v) is 14.8. The molecule has 0 amide bonds. The van der Waals surface area contributed by atoms with E-state index in [1.54, 1.807) is 0 Å². The van der Waals surface area contributed by atoms with Crippen molar-refractivity contribution in [1.29, 1.82) is 0 Å². The SMILES string of the molecule is CCCCCCCCCCCCCCCCCCCCCCCCCCCC/C=C/c1cc[nH]c1/C=C/CCCCCCCCCCCCCCCCCCCCCCCCCCCC. The van der Waals surface area contributed by atoms with Gasteiger partial charge in [0.1, 0.15) is 0 Å². The molecule has 0 fully saturated rings. The summed E-state index contributed by atoms with van der Waals surface area (Å²) in [5.41, 5.74) is 2.63. The Morgan fingerprint density at radius 1 is 0.262 bits per heavy atom. The molecule has 1 N–H and O–H groups in total. The molecule has 0 aromatic carbocycles. The molecule has 1 aromatic heterocycles. The maximum atomic E-state index is 3.46. The van der Waals surface area contributed by atoms with Crippen molar-refractivity contribution < 1.29 is 0 Å². The number of rotatable bonds is 56. The van der Waals surface area contributed by atoms with Gasteiger partial charge in [-0.1, -0.05) is 353 Å². The van der Waals surface area contributed by atoms with E-state index in [4.69, 9.17) is 0 Å². The summed E-state index contributed by atoms with van der Waals surface area (Å²) in [6.45, 7) is 4.62. The van der Waals surface area contributed by atoms with Crippen LogP contribution in [0.1, 0.15) is 372 Å². The van der Waals surface area contributed by atoms with Crippen LogP contribution in [-0.4, -0.2) is 4.98 Å². The van der Waals surface area contributed by atoms with Crippen LogP contribution in [0.5, 0.6) is 0 Å². The van der Waals surface area contributed by atoms with Crippen molar-refractivity contribution >= 4 is 12.2 Å². The van der Waals surface area contributed by atoms with Gasteiger partial charge in [-0.2, -0.15) is 0 Å². The Balaban J connectivity index is 1.77. The van der Waals surface area contributed by atoms with Crippen molar-refractivity contribution in [2.45, 2.75) is 361 Å². The first-order valence-electron chi connectivity index (χ1n) is 30.9. The van der Waals surface area contributed by atoms with E-state index in [2.05, 4.69) is 55.4 Å². The third-order valence-electron chi connectivity index (χ3n) is 14.8. The Kier molecular flexibility index (Phi) is 52.6. The highest BCUT2D eigenvalue weighted by molar-refractivity contribution is 5.62. The predicted molar refractivity (Wildman–Crippen MR) is 300 cm³/mol. The Morgan fingerprint density at radius 3 is 0.692 bits per heavy atom. The van der Waals surface area contributed by atoms with Gasteiger partial charge in [-0.25, -0.2) is 0 Å². The highest BCUT2D eigenvalue weighted by atomic mass is 14.7. The summed E-state index contributed by atoms with van der Waals surface area (Å²) < 4.78 is 0. The van der Waals surface area contributed by atoms with Crippen molar-refractivity contribution in [3.05, 3.63) is 35.7 Å². The van der Waals surface area contributed by atoms with Crippen LogP contribution in [0.15, 0.2) is 24.4 Å². The van der Waals surface area contributed by atoms with E-state index in [0.29, 0.717) is 0 Å². The second-order valence-electron chi connectivity index (χ2n) is 21.4. The molecule has 1 nitrogen and oxygen atoms in total. The smallest absolute Gasteiger partial charge is 0.0450 e. The van der Waals surface area contributed by atoms with Gasteiger partial charge in [0.05, 0.1) is 0 Å². The number of hydrogen-bond donors (Lipinski definition) is 1. The van der Waals surface area contributed by atoms with Gasteiger partial charge in [0.25, 0.3) is 0 Å². The highest BCUT2D eigenvalue weighted by Crippen LogP contribution is 2.20. The van der Waals surface area contributed by atoms with Crippen LogP contribution in [-0.2, 0) is 0 Å². The molecule has 1 aromatic rings. The molecule has 382 valence electrons. The lowest BCUT2D eigenvalue weighted by Crippen LogP contribution is -1.84. The molecule has 0 spiro atoms. The molecule has 1 heteroatoms. The van der Waals surface area contributed by atoms with Crippen LogP contribution in [0, 0.1) is 0 Å². The average Bonchev–Trinajstić information content (AvgIpc) is 3.77. The number of aromatic amines is 1. The molecule has 1 rings (SSSR count). The molecule has 0 saturated carbocycles. The number of H-pyrrole nitrogens is 1. The van der Waals surface area contributed by atoms with Crippen LogP contribution in [0.4, 0.5) is 0 Å². The van der Waals surface area contributed by atoms with Crippen molar-refractivity contribution in [3.8, 4) is 0 Å². The van der Waals surface area contributed by atoms with Gasteiger partial charge in [0, 0.05) is 11.9 Å². The van der Waals surface area contributed by atoms with Crippen molar-refractivity contribution in [1.82, 2.24) is 4.98 Å². The molecule has 0 aliphatic carbocycles. The summed E-state index contributed by atoms with van der Waals surface area (Å²) in [5.74, 6) is 0. The molecular weight excluding hydrogens is 783 g/mol. The van der Waals surface area contributed by atoms with Gasteiger partial charge < -0.3 is 4.98 Å². The van der Waals surface area contributed by atoms with E-state index in [0.717, 1.165) is 0 Å². The number of aromatic nitrogens is 1. The minimum absolute atomic E-state index is 1.21. The van der Waals surface area contributed by atoms with Gasteiger partial charge in [0.2, 0.25) is 0 Å². The lowest BCUT2D eigenvalue weighted by atomic mass is 10.0. The first-order chi connectivity index (χ1) is 32.4. The third kappa shape index (κ3) is 49.0. The summed E-state index contributed by atoms with van der Waals surface area (Å²) >= 11 is 0. The highest BCUT2D eigenvalue weighted by Gasteiger charge is 2.00. The molecule has 0 atom stereocenters. The second kappa shape index (κ2) is 55.4. The Labute approximate surface area is 411 Å². The largest absolute Gasteiger partial charge is 0.361 e. The molecule has 0 bridgehead atoms. The van der Waals surface area contributed by atoms with Crippen LogP contribution in [0.25, 0.3) is 12.2 Å². The number of hydrogen-bond acceptors (Lipinski definition) is 0. The van der Waals surface area contributed by atoms with Gasteiger partial charge in [-0.3, -0.25) is 0 Å². The summed E-state index contributed by atoms with van der Waals surface area (Å²) in [4.78, 5) is 3.46. The van der Waals surface area contributed by atoms with Crippen molar-refractivity contribution in [2.24, 2.45) is 0 Å². The fourth-order valence-electron chi connectivity index (χ4n) is 10.3. The maximum Gasteiger partial charge on any atom is 0.0450 e. The molecule has 65 heavy (non-hydrogen) atoms. The molecule has 1 heterocycles. The second-order valence-corrected chi connectivity index (χ2v) is 21.4.